The number of benzene rings is 1. The van der Waals surface area contributed by atoms with E-state index in [1.165, 1.54) is 12.3 Å². The van der Waals surface area contributed by atoms with Crippen molar-refractivity contribution in [2.45, 2.75) is 6.54 Å². The van der Waals surface area contributed by atoms with E-state index in [4.69, 9.17) is 16.0 Å². The van der Waals surface area contributed by atoms with E-state index in [0.717, 1.165) is 15.2 Å². The topological polar surface area (TPSA) is 55.1 Å². The molecule has 0 spiro atoms. The van der Waals surface area contributed by atoms with E-state index in [9.17, 15) is 4.79 Å². The van der Waals surface area contributed by atoms with Gasteiger partial charge in [-0.1, -0.05) is 12.1 Å². The van der Waals surface area contributed by atoms with Crippen LogP contribution in [-0.4, -0.2) is 10.9 Å². The Morgan fingerprint density at radius 2 is 2.21 bits per heavy atom. The third-order valence-electron chi connectivity index (χ3n) is 2.60. The molecule has 96 valence electrons. The van der Waals surface area contributed by atoms with Crippen LogP contribution in [0.3, 0.4) is 0 Å². The van der Waals surface area contributed by atoms with Gasteiger partial charge in [-0.25, -0.2) is 4.98 Å². The molecule has 1 N–H and O–H groups in total. The van der Waals surface area contributed by atoms with Gasteiger partial charge in [-0.05, 0) is 29.8 Å². The lowest BCUT2D eigenvalue weighted by Crippen LogP contribution is -2.22. The number of amides is 1. The number of hydrogen-bond donors (Lipinski definition) is 1. The second kappa shape index (κ2) is 5.03. The van der Waals surface area contributed by atoms with Crippen LogP contribution in [0.2, 0.25) is 5.22 Å². The molecule has 0 unspecified atom stereocenters. The summed E-state index contributed by atoms with van der Waals surface area (Å²) in [6.07, 6.45) is 1.38. The number of furan rings is 1. The Morgan fingerprint density at radius 1 is 1.37 bits per heavy atom. The number of hydrogen-bond acceptors (Lipinski definition) is 4. The summed E-state index contributed by atoms with van der Waals surface area (Å²) in [7, 11) is 0. The van der Waals surface area contributed by atoms with E-state index in [1.54, 1.807) is 11.3 Å². The van der Waals surface area contributed by atoms with Gasteiger partial charge in [-0.2, -0.15) is 0 Å². The van der Waals surface area contributed by atoms with Gasteiger partial charge in [-0.3, -0.25) is 4.79 Å². The van der Waals surface area contributed by atoms with Crippen LogP contribution >= 0.6 is 22.9 Å². The molecule has 1 aromatic carbocycles. The van der Waals surface area contributed by atoms with Crippen molar-refractivity contribution >= 4 is 39.1 Å². The van der Waals surface area contributed by atoms with E-state index in [1.807, 2.05) is 24.3 Å². The van der Waals surface area contributed by atoms with Crippen LogP contribution in [0.4, 0.5) is 0 Å². The van der Waals surface area contributed by atoms with Crippen LogP contribution in [-0.2, 0) is 6.54 Å². The minimum atomic E-state index is -0.266. The van der Waals surface area contributed by atoms with Crippen molar-refractivity contribution in [3.63, 3.8) is 0 Å². The second-order valence-corrected chi connectivity index (χ2v) is 5.32. The highest BCUT2D eigenvalue weighted by atomic mass is 35.5. The van der Waals surface area contributed by atoms with E-state index in [2.05, 4.69) is 10.3 Å². The van der Waals surface area contributed by atoms with Gasteiger partial charge in [0.2, 0.25) is 5.22 Å². The van der Waals surface area contributed by atoms with Crippen LogP contribution in [0.25, 0.3) is 10.2 Å². The summed E-state index contributed by atoms with van der Waals surface area (Å²) >= 11 is 7.30. The second-order valence-electron chi connectivity index (χ2n) is 3.87. The SMILES string of the molecule is O=C(NCc1nc2ccccc2s1)c1ccoc1Cl. The number of para-hydroxylation sites is 1. The molecule has 3 rings (SSSR count). The van der Waals surface area contributed by atoms with E-state index in [-0.39, 0.29) is 11.1 Å². The number of halogens is 1. The van der Waals surface area contributed by atoms with Crippen LogP contribution in [0.15, 0.2) is 41.0 Å². The number of carbonyl (C=O) groups is 1. The molecule has 3 aromatic rings. The smallest absolute Gasteiger partial charge is 0.256 e. The van der Waals surface area contributed by atoms with E-state index >= 15 is 0 Å². The zero-order valence-corrected chi connectivity index (χ0v) is 11.3. The normalized spacial score (nSPS) is 10.8. The van der Waals surface area contributed by atoms with Crippen molar-refractivity contribution in [2.75, 3.05) is 0 Å². The number of aromatic nitrogens is 1. The zero-order valence-electron chi connectivity index (χ0n) is 9.72. The first kappa shape index (κ1) is 12.2. The number of rotatable bonds is 3. The molecule has 0 aliphatic rings. The largest absolute Gasteiger partial charge is 0.452 e. The molecule has 0 bridgehead atoms. The third-order valence-corrected chi connectivity index (χ3v) is 3.93. The molecule has 6 heteroatoms. The van der Waals surface area contributed by atoms with E-state index in [0.29, 0.717) is 12.1 Å². The van der Waals surface area contributed by atoms with Gasteiger partial charge in [0.15, 0.2) is 0 Å². The molecule has 0 saturated carbocycles. The number of fused-ring (bicyclic) bond motifs is 1. The van der Waals surface area contributed by atoms with Gasteiger partial charge in [0.1, 0.15) is 5.01 Å². The van der Waals surface area contributed by atoms with Crippen LogP contribution in [0.1, 0.15) is 15.4 Å². The van der Waals surface area contributed by atoms with Gasteiger partial charge in [0, 0.05) is 0 Å². The van der Waals surface area contributed by atoms with Gasteiger partial charge in [-0.15, -0.1) is 11.3 Å². The summed E-state index contributed by atoms with van der Waals surface area (Å²) in [5, 5.41) is 3.72. The lowest BCUT2D eigenvalue weighted by molar-refractivity contribution is 0.0950. The number of nitrogens with zero attached hydrogens (tertiary/aromatic N) is 1. The zero-order chi connectivity index (χ0) is 13.2. The van der Waals surface area contributed by atoms with E-state index < -0.39 is 0 Å². The van der Waals surface area contributed by atoms with Crippen LogP contribution in [0, 0.1) is 0 Å². The van der Waals surface area contributed by atoms with Crippen LogP contribution < -0.4 is 5.32 Å². The molecule has 0 fully saturated rings. The molecule has 4 nitrogen and oxygen atoms in total. The summed E-state index contributed by atoms with van der Waals surface area (Å²) in [4.78, 5) is 16.3. The van der Waals surface area contributed by atoms with Crippen molar-refractivity contribution in [3.05, 3.63) is 52.4 Å². The first-order chi connectivity index (χ1) is 9.24. The lowest BCUT2D eigenvalue weighted by atomic mass is 10.3. The molecule has 19 heavy (non-hydrogen) atoms. The molecular formula is C13H9ClN2O2S. The fourth-order valence-electron chi connectivity index (χ4n) is 1.70. The molecule has 0 aliphatic carbocycles. The van der Waals surface area contributed by atoms with Crippen molar-refractivity contribution < 1.29 is 9.21 Å². The maximum atomic E-state index is 11.8. The monoisotopic (exact) mass is 292 g/mol. The summed E-state index contributed by atoms with van der Waals surface area (Å²) in [6.45, 7) is 0.375. The molecule has 0 radical (unpaired) electrons. The molecule has 2 heterocycles. The minimum Gasteiger partial charge on any atom is -0.452 e. The van der Waals surface area contributed by atoms with Gasteiger partial charge >= 0.3 is 0 Å². The van der Waals surface area contributed by atoms with Gasteiger partial charge in [0.05, 0.1) is 28.6 Å². The fourth-order valence-corrected chi connectivity index (χ4v) is 2.81. The highest BCUT2D eigenvalue weighted by Gasteiger charge is 2.13. The highest BCUT2D eigenvalue weighted by molar-refractivity contribution is 7.18. The molecule has 0 saturated heterocycles. The van der Waals surface area contributed by atoms with Crippen molar-refractivity contribution in [2.24, 2.45) is 0 Å². The molecule has 0 atom stereocenters. The highest BCUT2D eigenvalue weighted by Crippen LogP contribution is 2.21. The molecular weight excluding hydrogens is 284 g/mol. The maximum absolute atomic E-state index is 11.8. The Morgan fingerprint density at radius 3 is 2.95 bits per heavy atom. The Labute approximate surface area is 118 Å². The lowest BCUT2D eigenvalue weighted by Gasteiger charge is -2.00. The Bertz CT molecular complexity index is 702. The predicted octanol–water partition coefficient (Wildman–Crippen LogP) is 3.47. The Hall–Kier alpha value is -1.85. The average Bonchev–Trinajstić information content (AvgIpc) is 3.01. The van der Waals surface area contributed by atoms with Crippen LogP contribution in [0.5, 0.6) is 0 Å². The van der Waals surface area contributed by atoms with Crippen molar-refractivity contribution in [1.29, 1.82) is 0 Å². The molecule has 2 aromatic heterocycles. The summed E-state index contributed by atoms with van der Waals surface area (Å²) in [5.74, 6) is -0.266. The summed E-state index contributed by atoms with van der Waals surface area (Å²) in [6, 6.07) is 9.40. The molecule has 1 amide bonds. The van der Waals surface area contributed by atoms with Gasteiger partial charge < -0.3 is 9.73 Å². The summed E-state index contributed by atoms with van der Waals surface area (Å²) in [5.41, 5.74) is 1.28. The first-order valence-electron chi connectivity index (χ1n) is 5.59. The van der Waals surface area contributed by atoms with Crippen molar-refractivity contribution in [3.8, 4) is 0 Å². The van der Waals surface area contributed by atoms with Gasteiger partial charge in [0.25, 0.3) is 5.91 Å². The number of thiazole rings is 1. The minimum absolute atomic E-state index is 0.0989. The average molecular weight is 293 g/mol. The number of nitrogens with one attached hydrogen (secondary N) is 1. The summed E-state index contributed by atoms with van der Waals surface area (Å²) < 4.78 is 5.98. The standard InChI is InChI=1S/C13H9ClN2O2S/c14-12-8(5-6-18-12)13(17)15-7-11-16-9-3-1-2-4-10(9)19-11/h1-6H,7H2,(H,15,17). The Balaban J connectivity index is 1.72. The fraction of sp³-hybridized carbons (Fsp3) is 0.0769. The first-order valence-corrected chi connectivity index (χ1v) is 6.79. The number of carbonyl (C=O) groups excluding carboxylic acids is 1. The quantitative estimate of drug-likeness (QED) is 0.804. The maximum Gasteiger partial charge on any atom is 0.256 e. The molecule has 0 aliphatic heterocycles. The Kier molecular flexibility index (Phi) is 3.23. The third kappa shape index (κ3) is 2.47. The predicted molar refractivity (Wildman–Crippen MR) is 74.5 cm³/mol. The van der Waals surface area contributed by atoms with Crippen molar-refractivity contribution in [1.82, 2.24) is 10.3 Å².